The second kappa shape index (κ2) is 11.3. The molecule has 1 aromatic heterocycles. The Morgan fingerprint density at radius 2 is 1.64 bits per heavy atom. The molecule has 36 heavy (non-hydrogen) atoms. The highest BCUT2D eigenvalue weighted by atomic mass is 16.5. The molecule has 0 radical (unpaired) electrons. The van der Waals surface area contributed by atoms with E-state index in [1.54, 1.807) is 24.3 Å². The van der Waals surface area contributed by atoms with Gasteiger partial charge < -0.3 is 24.7 Å². The minimum atomic E-state index is -0.434. The van der Waals surface area contributed by atoms with E-state index in [0.29, 0.717) is 23.6 Å². The van der Waals surface area contributed by atoms with E-state index in [0.717, 1.165) is 28.6 Å². The molecule has 7 heteroatoms. The van der Waals surface area contributed by atoms with E-state index >= 15 is 0 Å². The third-order valence-electron chi connectivity index (χ3n) is 5.89. The van der Waals surface area contributed by atoms with Crippen LogP contribution < -0.4 is 20.1 Å². The second-order valence-electron chi connectivity index (χ2n) is 8.14. The molecule has 4 rings (SSSR count). The molecule has 0 saturated heterocycles. The van der Waals surface area contributed by atoms with E-state index in [1.165, 1.54) is 14.2 Å². The van der Waals surface area contributed by atoms with Crippen LogP contribution in [0.2, 0.25) is 0 Å². The number of amides is 2. The number of aromatic nitrogens is 1. The molecule has 184 valence electrons. The van der Waals surface area contributed by atoms with Crippen LogP contribution in [-0.4, -0.2) is 30.6 Å². The standard InChI is InChI=1S/C29H29N3O4/c1-4-32-19-22(23-12-8-9-13-25(23)32)16-24(29(34)30-18-20-10-6-5-7-11-20)31-28(33)21-14-15-26(35-2)27(17-21)36-3/h5-17,19H,4,18H2,1-3H3,(H,30,34)(H,31,33). The topological polar surface area (TPSA) is 81.6 Å². The normalized spacial score (nSPS) is 11.2. The van der Waals surface area contributed by atoms with Crippen LogP contribution in [0.15, 0.2) is 84.7 Å². The largest absolute Gasteiger partial charge is 0.493 e. The molecule has 2 N–H and O–H groups in total. The average Bonchev–Trinajstić information content (AvgIpc) is 3.28. The van der Waals surface area contributed by atoms with Gasteiger partial charge in [-0.3, -0.25) is 9.59 Å². The Labute approximate surface area is 210 Å². The highest BCUT2D eigenvalue weighted by molar-refractivity contribution is 6.06. The Morgan fingerprint density at radius 3 is 2.36 bits per heavy atom. The van der Waals surface area contributed by atoms with Crippen LogP contribution in [0.25, 0.3) is 17.0 Å². The molecule has 0 fully saturated rings. The van der Waals surface area contributed by atoms with E-state index in [1.807, 2.05) is 60.8 Å². The maximum Gasteiger partial charge on any atom is 0.268 e. The Hall–Kier alpha value is -4.52. The number of hydrogen-bond acceptors (Lipinski definition) is 4. The number of para-hydroxylation sites is 1. The third-order valence-corrected chi connectivity index (χ3v) is 5.89. The van der Waals surface area contributed by atoms with Crippen molar-refractivity contribution in [2.75, 3.05) is 14.2 Å². The quantitative estimate of drug-likeness (QED) is 0.336. The molecular weight excluding hydrogens is 454 g/mol. The van der Waals surface area contributed by atoms with Gasteiger partial charge in [0, 0.05) is 41.3 Å². The van der Waals surface area contributed by atoms with Gasteiger partial charge in [0.25, 0.3) is 11.8 Å². The summed E-state index contributed by atoms with van der Waals surface area (Å²) in [6, 6.07) is 22.4. The third kappa shape index (κ3) is 5.41. The van der Waals surface area contributed by atoms with Crippen molar-refractivity contribution in [3.63, 3.8) is 0 Å². The number of nitrogens with zero attached hydrogens (tertiary/aromatic N) is 1. The Morgan fingerprint density at radius 1 is 0.917 bits per heavy atom. The van der Waals surface area contributed by atoms with Crippen LogP contribution in [0.1, 0.15) is 28.4 Å². The van der Waals surface area contributed by atoms with Gasteiger partial charge in [-0.2, -0.15) is 0 Å². The first-order valence-electron chi connectivity index (χ1n) is 11.7. The van der Waals surface area contributed by atoms with Crippen molar-refractivity contribution >= 4 is 28.8 Å². The molecule has 0 aliphatic carbocycles. The SMILES string of the molecule is CCn1cc(C=C(NC(=O)c2ccc(OC)c(OC)c2)C(=O)NCc2ccccc2)c2ccccc21. The molecule has 0 aliphatic heterocycles. The monoisotopic (exact) mass is 483 g/mol. The van der Waals surface area contributed by atoms with Crippen LogP contribution in [0, 0.1) is 0 Å². The van der Waals surface area contributed by atoms with Crippen LogP contribution in [0.4, 0.5) is 0 Å². The number of benzene rings is 3. The molecule has 1 heterocycles. The predicted molar refractivity (Wildman–Crippen MR) is 141 cm³/mol. The van der Waals surface area contributed by atoms with E-state index in [2.05, 4.69) is 22.1 Å². The summed E-state index contributed by atoms with van der Waals surface area (Å²) in [6.07, 6.45) is 3.70. The molecule has 2 amide bonds. The maximum absolute atomic E-state index is 13.3. The van der Waals surface area contributed by atoms with Gasteiger partial charge in [-0.25, -0.2) is 0 Å². The van der Waals surface area contributed by atoms with Crippen molar-refractivity contribution in [3.8, 4) is 11.5 Å². The molecule has 7 nitrogen and oxygen atoms in total. The molecule has 0 atom stereocenters. The van der Waals surface area contributed by atoms with Gasteiger partial charge in [-0.05, 0) is 42.8 Å². The zero-order chi connectivity index (χ0) is 25.5. The number of fused-ring (bicyclic) bond motifs is 1. The lowest BCUT2D eigenvalue weighted by molar-refractivity contribution is -0.117. The fourth-order valence-corrected chi connectivity index (χ4v) is 4.01. The van der Waals surface area contributed by atoms with Gasteiger partial charge in [-0.15, -0.1) is 0 Å². The number of nitrogens with one attached hydrogen (secondary N) is 2. The van der Waals surface area contributed by atoms with Gasteiger partial charge >= 0.3 is 0 Å². The van der Waals surface area contributed by atoms with Crippen molar-refractivity contribution in [3.05, 3.63) is 101 Å². The molecule has 0 bridgehead atoms. The summed E-state index contributed by atoms with van der Waals surface area (Å²) in [6.45, 7) is 3.17. The first-order chi connectivity index (χ1) is 17.5. The van der Waals surface area contributed by atoms with Crippen LogP contribution in [-0.2, 0) is 17.9 Å². The minimum absolute atomic E-state index is 0.143. The number of methoxy groups -OCH3 is 2. The van der Waals surface area contributed by atoms with Gasteiger partial charge in [0.15, 0.2) is 11.5 Å². The van der Waals surface area contributed by atoms with Crippen molar-refractivity contribution in [2.24, 2.45) is 0 Å². The number of carbonyl (C=O) groups excluding carboxylic acids is 2. The Kier molecular flexibility index (Phi) is 7.70. The fraction of sp³-hybridized carbons (Fsp3) is 0.172. The number of rotatable bonds is 9. The summed E-state index contributed by atoms with van der Waals surface area (Å²) in [5, 5.41) is 6.71. The first-order valence-corrected chi connectivity index (χ1v) is 11.7. The second-order valence-corrected chi connectivity index (χ2v) is 8.14. The van der Waals surface area contributed by atoms with Crippen LogP contribution in [0.5, 0.6) is 11.5 Å². The first kappa shape index (κ1) is 24.6. The summed E-state index contributed by atoms with van der Waals surface area (Å²) in [5.74, 6) is 0.116. The van der Waals surface area contributed by atoms with Crippen molar-refractivity contribution in [2.45, 2.75) is 20.0 Å². The van der Waals surface area contributed by atoms with Gasteiger partial charge in [0.1, 0.15) is 5.70 Å². The van der Waals surface area contributed by atoms with E-state index < -0.39 is 5.91 Å². The van der Waals surface area contributed by atoms with Gasteiger partial charge in [0.2, 0.25) is 0 Å². The fourth-order valence-electron chi connectivity index (χ4n) is 4.01. The van der Waals surface area contributed by atoms with Crippen LogP contribution >= 0.6 is 0 Å². The molecule has 0 saturated carbocycles. The van der Waals surface area contributed by atoms with Crippen molar-refractivity contribution in [1.82, 2.24) is 15.2 Å². The molecule has 0 aliphatic rings. The zero-order valence-electron chi connectivity index (χ0n) is 20.6. The average molecular weight is 484 g/mol. The predicted octanol–water partition coefficient (Wildman–Crippen LogP) is 4.77. The Bertz CT molecular complexity index is 1410. The molecular formula is C29H29N3O4. The lowest BCUT2D eigenvalue weighted by Gasteiger charge is -2.13. The van der Waals surface area contributed by atoms with E-state index in [4.69, 9.17) is 9.47 Å². The van der Waals surface area contributed by atoms with Crippen LogP contribution in [0.3, 0.4) is 0 Å². The van der Waals surface area contributed by atoms with E-state index in [9.17, 15) is 9.59 Å². The summed E-state index contributed by atoms with van der Waals surface area (Å²) in [5.41, 5.74) is 3.33. The summed E-state index contributed by atoms with van der Waals surface area (Å²) < 4.78 is 12.7. The summed E-state index contributed by atoms with van der Waals surface area (Å²) >= 11 is 0. The summed E-state index contributed by atoms with van der Waals surface area (Å²) in [4.78, 5) is 26.5. The highest BCUT2D eigenvalue weighted by Crippen LogP contribution is 2.28. The lowest BCUT2D eigenvalue weighted by atomic mass is 10.1. The summed E-state index contributed by atoms with van der Waals surface area (Å²) in [7, 11) is 3.04. The zero-order valence-corrected chi connectivity index (χ0v) is 20.6. The maximum atomic E-state index is 13.3. The van der Waals surface area contributed by atoms with Crippen molar-refractivity contribution in [1.29, 1.82) is 0 Å². The lowest BCUT2D eigenvalue weighted by Crippen LogP contribution is -2.34. The Balaban J connectivity index is 1.68. The molecule has 0 spiro atoms. The number of hydrogen-bond donors (Lipinski definition) is 2. The van der Waals surface area contributed by atoms with Gasteiger partial charge in [0.05, 0.1) is 14.2 Å². The smallest absolute Gasteiger partial charge is 0.268 e. The van der Waals surface area contributed by atoms with E-state index in [-0.39, 0.29) is 11.6 Å². The number of ether oxygens (including phenoxy) is 2. The van der Waals surface area contributed by atoms with Gasteiger partial charge in [-0.1, -0.05) is 48.5 Å². The molecule has 4 aromatic rings. The highest BCUT2D eigenvalue weighted by Gasteiger charge is 2.18. The minimum Gasteiger partial charge on any atom is -0.493 e. The van der Waals surface area contributed by atoms with Crippen molar-refractivity contribution < 1.29 is 19.1 Å². The number of aryl methyl sites for hydroxylation is 1. The molecule has 3 aromatic carbocycles. The number of carbonyl (C=O) groups is 2. The molecule has 0 unspecified atom stereocenters.